The molecule has 0 bridgehead atoms. The Balaban J connectivity index is 2.67. The van der Waals surface area contributed by atoms with Gasteiger partial charge in [0.05, 0.1) is 24.0 Å². The van der Waals surface area contributed by atoms with E-state index in [4.69, 9.17) is 11.0 Å². The molecule has 6 heteroatoms. The van der Waals surface area contributed by atoms with Crippen LogP contribution in [-0.2, 0) is 4.79 Å². The lowest BCUT2D eigenvalue weighted by atomic mass is 10.2. The third kappa shape index (κ3) is 3.13. The molecule has 16 heavy (non-hydrogen) atoms. The quantitative estimate of drug-likeness (QED) is 0.665. The maximum Gasteiger partial charge on any atom is 0.239 e. The summed E-state index contributed by atoms with van der Waals surface area (Å²) in [6, 6.07) is 3.46. The van der Waals surface area contributed by atoms with E-state index in [0.717, 1.165) is 0 Å². The summed E-state index contributed by atoms with van der Waals surface area (Å²) >= 11 is 0. The molecule has 0 aliphatic heterocycles. The molecule has 4 N–H and O–H groups in total. The van der Waals surface area contributed by atoms with Crippen molar-refractivity contribution in [2.75, 3.05) is 24.1 Å². The lowest BCUT2D eigenvalue weighted by molar-refractivity contribution is -0.119. The van der Waals surface area contributed by atoms with Gasteiger partial charge in [0, 0.05) is 6.54 Å². The van der Waals surface area contributed by atoms with Crippen LogP contribution in [0.2, 0.25) is 0 Å². The second kappa shape index (κ2) is 5.56. The molecule has 84 valence electrons. The highest BCUT2D eigenvalue weighted by Crippen LogP contribution is 2.13. The number of nitrogens with two attached hydrogens (primary N) is 1. The van der Waals surface area contributed by atoms with Crippen LogP contribution in [0.3, 0.4) is 0 Å². The highest BCUT2D eigenvalue weighted by atomic mass is 16.1. The highest BCUT2D eigenvalue weighted by Gasteiger charge is 2.05. The number of carbonyl (C=O) groups is 1. The van der Waals surface area contributed by atoms with E-state index >= 15 is 0 Å². The van der Waals surface area contributed by atoms with Gasteiger partial charge in [0.15, 0.2) is 0 Å². The number of nitrogens with zero attached hydrogens (tertiary/aromatic N) is 2. The summed E-state index contributed by atoms with van der Waals surface area (Å²) in [5, 5.41) is 14.2. The molecule has 0 aromatic carbocycles. The topological polar surface area (TPSA) is 104 Å². The summed E-state index contributed by atoms with van der Waals surface area (Å²) in [6.45, 7) is 2.49. The average Bonchev–Trinajstić information content (AvgIpc) is 2.27. The van der Waals surface area contributed by atoms with Crippen molar-refractivity contribution in [2.24, 2.45) is 0 Å². The van der Waals surface area contributed by atoms with Crippen molar-refractivity contribution in [2.45, 2.75) is 6.92 Å². The summed E-state index contributed by atoms with van der Waals surface area (Å²) < 4.78 is 0. The Kier molecular flexibility index (Phi) is 4.09. The Hall–Kier alpha value is -2.29. The zero-order valence-electron chi connectivity index (χ0n) is 8.95. The van der Waals surface area contributed by atoms with Gasteiger partial charge in [0.1, 0.15) is 11.9 Å². The lowest BCUT2D eigenvalue weighted by Gasteiger charge is -2.07. The molecule has 1 aromatic heterocycles. The van der Waals surface area contributed by atoms with E-state index in [1.807, 2.05) is 13.0 Å². The van der Waals surface area contributed by atoms with Gasteiger partial charge in [-0.1, -0.05) is 0 Å². The second-order valence-corrected chi connectivity index (χ2v) is 3.08. The van der Waals surface area contributed by atoms with Gasteiger partial charge in [-0.15, -0.1) is 0 Å². The maximum atomic E-state index is 11.2. The van der Waals surface area contributed by atoms with Crippen LogP contribution in [0.5, 0.6) is 0 Å². The zero-order chi connectivity index (χ0) is 12.0. The van der Waals surface area contributed by atoms with Gasteiger partial charge >= 0.3 is 0 Å². The van der Waals surface area contributed by atoms with Crippen LogP contribution in [0.4, 0.5) is 11.5 Å². The van der Waals surface area contributed by atoms with Gasteiger partial charge in [-0.25, -0.2) is 4.98 Å². The van der Waals surface area contributed by atoms with E-state index in [-0.39, 0.29) is 12.5 Å². The van der Waals surface area contributed by atoms with Crippen molar-refractivity contribution in [3.8, 4) is 6.07 Å². The molecule has 0 aliphatic carbocycles. The van der Waals surface area contributed by atoms with Crippen LogP contribution in [0.1, 0.15) is 12.5 Å². The Bertz CT molecular complexity index is 424. The zero-order valence-corrected chi connectivity index (χ0v) is 8.95. The molecule has 0 fully saturated rings. The first kappa shape index (κ1) is 11.8. The number of carbonyl (C=O) groups excluding carboxylic acids is 1. The molecule has 0 unspecified atom stereocenters. The monoisotopic (exact) mass is 219 g/mol. The van der Waals surface area contributed by atoms with Crippen molar-refractivity contribution in [1.29, 1.82) is 5.26 Å². The van der Waals surface area contributed by atoms with Crippen LogP contribution >= 0.6 is 0 Å². The predicted octanol–water partition coefficient (Wildman–Crippen LogP) is 0.0835. The Labute approximate surface area is 93.5 Å². The molecule has 1 rings (SSSR count). The van der Waals surface area contributed by atoms with Gasteiger partial charge in [-0.2, -0.15) is 5.26 Å². The molecule has 0 spiro atoms. The predicted molar refractivity (Wildman–Crippen MR) is 60.5 cm³/mol. The van der Waals surface area contributed by atoms with Gasteiger partial charge in [0.25, 0.3) is 0 Å². The molecule has 1 amide bonds. The Morgan fingerprint density at radius 1 is 1.69 bits per heavy atom. The molecule has 6 nitrogen and oxygen atoms in total. The van der Waals surface area contributed by atoms with Crippen LogP contribution in [0.25, 0.3) is 0 Å². The van der Waals surface area contributed by atoms with E-state index in [2.05, 4.69) is 15.6 Å². The van der Waals surface area contributed by atoms with E-state index in [0.29, 0.717) is 23.6 Å². The minimum atomic E-state index is -0.148. The number of nitrogens with one attached hydrogen (secondary N) is 2. The first-order valence-corrected chi connectivity index (χ1v) is 4.83. The number of hydrogen-bond donors (Lipinski definition) is 3. The molecule has 0 saturated carbocycles. The van der Waals surface area contributed by atoms with Gasteiger partial charge in [-0.3, -0.25) is 4.79 Å². The number of likely N-dealkylation sites (N-methyl/N-ethyl adjacent to an activating group) is 1. The fraction of sp³-hybridized carbons (Fsp3) is 0.300. The molecule has 0 saturated heterocycles. The number of aromatic nitrogens is 1. The molecule has 1 aromatic rings. The lowest BCUT2D eigenvalue weighted by Crippen LogP contribution is -2.29. The Morgan fingerprint density at radius 3 is 3.06 bits per heavy atom. The number of nitrogen functional groups attached to an aromatic ring is 1. The number of rotatable bonds is 4. The van der Waals surface area contributed by atoms with Crippen LogP contribution < -0.4 is 16.4 Å². The summed E-state index contributed by atoms with van der Waals surface area (Å²) in [5.41, 5.74) is 6.23. The van der Waals surface area contributed by atoms with E-state index < -0.39 is 0 Å². The number of nitriles is 1. The molecule has 0 aliphatic rings. The van der Waals surface area contributed by atoms with Crippen molar-refractivity contribution >= 4 is 17.4 Å². The third-order valence-corrected chi connectivity index (χ3v) is 1.82. The summed E-state index contributed by atoms with van der Waals surface area (Å²) in [4.78, 5) is 15.1. The number of amides is 1. The number of hydrogen-bond acceptors (Lipinski definition) is 5. The van der Waals surface area contributed by atoms with Crippen molar-refractivity contribution in [3.05, 3.63) is 17.8 Å². The van der Waals surface area contributed by atoms with Crippen LogP contribution in [0.15, 0.2) is 12.3 Å². The molecule has 1 heterocycles. The minimum absolute atomic E-state index is 0.0828. The van der Waals surface area contributed by atoms with Gasteiger partial charge < -0.3 is 16.4 Å². The van der Waals surface area contributed by atoms with Crippen LogP contribution in [0, 0.1) is 11.3 Å². The third-order valence-electron chi connectivity index (χ3n) is 1.82. The van der Waals surface area contributed by atoms with Crippen molar-refractivity contribution in [3.63, 3.8) is 0 Å². The molecule has 0 radical (unpaired) electrons. The van der Waals surface area contributed by atoms with Gasteiger partial charge in [0.2, 0.25) is 5.91 Å². The summed E-state index contributed by atoms with van der Waals surface area (Å²) in [7, 11) is 0. The summed E-state index contributed by atoms with van der Waals surface area (Å²) in [5.74, 6) is 0.216. The highest BCUT2D eigenvalue weighted by molar-refractivity contribution is 5.80. The molecular formula is C10H13N5O. The normalized spacial score (nSPS) is 9.25. The average molecular weight is 219 g/mol. The summed E-state index contributed by atoms with van der Waals surface area (Å²) in [6.07, 6.45) is 1.43. The Morgan fingerprint density at radius 2 is 2.44 bits per heavy atom. The van der Waals surface area contributed by atoms with Gasteiger partial charge in [-0.05, 0) is 13.0 Å². The standard InChI is InChI=1S/C10H13N5O/c1-2-13-9(16)6-15-10-7(4-11)3-8(12)5-14-10/h3,5H,2,6,12H2,1H3,(H,13,16)(H,14,15). The minimum Gasteiger partial charge on any atom is -0.397 e. The van der Waals surface area contributed by atoms with E-state index in [9.17, 15) is 4.79 Å². The second-order valence-electron chi connectivity index (χ2n) is 3.08. The first-order chi connectivity index (χ1) is 7.67. The number of anilines is 2. The SMILES string of the molecule is CCNC(=O)CNc1ncc(N)cc1C#N. The molecular weight excluding hydrogens is 206 g/mol. The van der Waals surface area contributed by atoms with E-state index in [1.165, 1.54) is 12.3 Å². The van der Waals surface area contributed by atoms with Crippen molar-refractivity contribution in [1.82, 2.24) is 10.3 Å². The first-order valence-electron chi connectivity index (χ1n) is 4.83. The fourth-order valence-corrected chi connectivity index (χ4v) is 1.13. The van der Waals surface area contributed by atoms with Crippen LogP contribution in [-0.4, -0.2) is 24.0 Å². The maximum absolute atomic E-state index is 11.2. The van der Waals surface area contributed by atoms with Crippen molar-refractivity contribution < 1.29 is 4.79 Å². The van der Waals surface area contributed by atoms with E-state index in [1.54, 1.807) is 0 Å². The molecule has 0 atom stereocenters. The largest absolute Gasteiger partial charge is 0.397 e. The number of pyridine rings is 1. The smallest absolute Gasteiger partial charge is 0.239 e. The fourth-order valence-electron chi connectivity index (χ4n) is 1.13.